The molecule has 1 saturated carbocycles. The molecule has 1 fully saturated rings. The van der Waals surface area contributed by atoms with Crippen LogP contribution in [0.4, 0.5) is 0 Å². The molecule has 1 aliphatic heterocycles. The number of fused-ring (bicyclic) bond motifs is 1. The largest absolute Gasteiger partial charge is 0.493 e. The molecule has 1 N–H and O–H groups in total. The summed E-state index contributed by atoms with van der Waals surface area (Å²) >= 11 is 1.44. The maximum Gasteiger partial charge on any atom is 0.248 e. The lowest BCUT2D eigenvalue weighted by Gasteiger charge is -2.31. The van der Waals surface area contributed by atoms with Crippen molar-refractivity contribution in [2.45, 2.75) is 50.9 Å². The highest BCUT2D eigenvalue weighted by Gasteiger charge is 2.34. The van der Waals surface area contributed by atoms with Crippen molar-refractivity contribution in [3.8, 4) is 34.4 Å². The van der Waals surface area contributed by atoms with Crippen molar-refractivity contribution in [1.29, 1.82) is 0 Å². The Morgan fingerprint density at radius 2 is 1.88 bits per heavy atom. The maximum atomic E-state index is 14.1. The van der Waals surface area contributed by atoms with Gasteiger partial charge in [-0.3, -0.25) is 9.59 Å². The maximum absolute atomic E-state index is 14.1. The van der Waals surface area contributed by atoms with E-state index in [0.717, 1.165) is 36.1 Å². The van der Waals surface area contributed by atoms with Gasteiger partial charge in [0.1, 0.15) is 12.6 Å². The molecule has 43 heavy (non-hydrogen) atoms. The van der Waals surface area contributed by atoms with Crippen LogP contribution in [0.5, 0.6) is 23.0 Å². The van der Waals surface area contributed by atoms with Crippen LogP contribution in [-0.2, 0) is 22.7 Å². The number of nitrogens with one attached hydrogen (secondary N) is 1. The number of hydrogen-bond donors (Lipinski definition) is 1. The highest BCUT2D eigenvalue weighted by molar-refractivity contribution is 7.10. The van der Waals surface area contributed by atoms with Gasteiger partial charge in [0.15, 0.2) is 23.0 Å². The first kappa shape index (κ1) is 28.5. The third-order valence-electron chi connectivity index (χ3n) is 7.56. The SMILES string of the molecule is COc1ccc(-c2nnn(CC(=O)N(Cc3ccc4c(c3)OCO4)[C@@H](C(=O)NC3CCCC3)c3cccs3)n2)cc1OC. The Bertz CT molecular complexity index is 1590. The number of aromatic nitrogens is 4. The summed E-state index contributed by atoms with van der Waals surface area (Å²) < 4.78 is 21.7. The molecule has 0 spiro atoms. The molecule has 1 aliphatic carbocycles. The van der Waals surface area contributed by atoms with E-state index in [-0.39, 0.29) is 37.7 Å². The van der Waals surface area contributed by atoms with E-state index in [1.807, 2.05) is 35.7 Å². The normalized spacial score (nSPS) is 14.8. The molecule has 6 rings (SSSR count). The number of rotatable bonds is 11. The van der Waals surface area contributed by atoms with Crippen molar-refractivity contribution in [2.24, 2.45) is 0 Å². The summed E-state index contributed by atoms with van der Waals surface area (Å²) in [6.45, 7) is 0.0835. The van der Waals surface area contributed by atoms with E-state index in [1.165, 1.54) is 16.1 Å². The number of benzene rings is 2. The second kappa shape index (κ2) is 12.7. The van der Waals surface area contributed by atoms with Crippen molar-refractivity contribution in [3.05, 3.63) is 64.4 Å². The quantitative estimate of drug-likeness (QED) is 0.270. The van der Waals surface area contributed by atoms with Crippen LogP contribution in [-0.4, -0.2) is 64.0 Å². The third kappa shape index (κ3) is 6.26. The first-order valence-corrected chi connectivity index (χ1v) is 14.9. The van der Waals surface area contributed by atoms with E-state index in [1.54, 1.807) is 37.3 Å². The Balaban J connectivity index is 1.29. The number of tetrazole rings is 1. The number of carbonyl (C=O) groups is 2. The third-order valence-corrected chi connectivity index (χ3v) is 8.48. The number of ether oxygens (including phenoxy) is 4. The van der Waals surface area contributed by atoms with Crippen LogP contribution in [0.2, 0.25) is 0 Å². The molecule has 0 bridgehead atoms. The van der Waals surface area contributed by atoms with Gasteiger partial charge in [0.25, 0.3) is 0 Å². The van der Waals surface area contributed by atoms with Gasteiger partial charge in [-0.2, -0.15) is 4.80 Å². The van der Waals surface area contributed by atoms with Gasteiger partial charge in [0.05, 0.1) is 14.2 Å². The highest BCUT2D eigenvalue weighted by atomic mass is 32.1. The zero-order valence-corrected chi connectivity index (χ0v) is 24.7. The average Bonchev–Trinajstić information content (AvgIpc) is 3.85. The van der Waals surface area contributed by atoms with E-state index >= 15 is 0 Å². The van der Waals surface area contributed by atoms with Crippen molar-refractivity contribution >= 4 is 23.2 Å². The summed E-state index contributed by atoms with van der Waals surface area (Å²) in [5.41, 5.74) is 1.45. The molecule has 12 nitrogen and oxygen atoms in total. The highest BCUT2D eigenvalue weighted by Crippen LogP contribution is 2.35. The van der Waals surface area contributed by atoms with Gasteiger partial charge in [-0.25, -0.2) is 0 Å². The fourth-order valence-electron chi connectivity index (χ4n) is 5.39. The Labute approximate surface area is 252 Å². The minimum Gasteiger partial charge on any atom is -0.493 e. The standard InChI is InChI=1S/C30H32N6O6S/c1-39-22-12-10-20(15-24(22)40-2)29-32-34-36(33-29)17-27(37)35(16-19-9-11-23-25(14-19)42-18-41-23)28(26-8-5-13-43-26)30(38)31-21-6-3-4-7-21/h5,8-15,21,28H,3-4,6-7,16-18H2,1-2H3,(H,31,38)/t28-/m1/s1. The van der Waals surface area contributed by atoms with Gasteiger partial charge < -0.3 is 29.2 Å². The number of carbonyl (C=O) groups excluding carboxylic acids is 2. The summed E-state index contributed by atoms with van der Waals surface area (Å²) in [6.07, 6.45) is 4.02. The molecular weight excluding hydrogens is 572 g/mol. The predicted octanol–water partition coefficient (Wildman–Crippen LogP) is 3.98. The molecule has 224 valence electrons. The van der Waals surface area contributed by atoms with Crippen LogP contribution >= 0.6 is 11.3 Å². The lowest BCUT2D eigenvalue weighted by Crippen LogP contribution is -2.46. The summed E-state index contributed by atoms with van der Waals surface area (Å²) in [7, 11) is 3.11. The molecule has 2 aromatic carbocycles. The molecule has 2 aliphatic rings. The number of amides is 2. The number of nitrogens with zero attached hydrogens (tertiary/aromatic N) is 5. The van der Waals surface area contributed by atoms with Gasteiger partial charge >= 0.3 is 0 Å². The summed E-state index contributed by atoms with van der Waals surface area (Å²) in [5.74, 6) is 2.12. The van der Waals surface area contributed by atoms with Crippen LogP contribution in [0.3, 0.4) is 0 Å². The van der Waals surface area contributed by atoms with E-state index in [2.05, 4.69) is 20.7 Å². The van der Waals surface area contributed by atoms with Crippen LogP contribution in [0.1, 0.15) is 42.2 Å². The number of thiophene rings is 1. The topological polar surface area (TPSA) is 130 Å². The first-order chi connectivity index (χ1) is 21.0. The van der Waals surface area contributed by atoms with Crippen LogP contribution < -0.4 is 24.3 Å². The Morgan fingerprint density at radius 3 is 2.65 bits per heavy atom. The smallest absolute Gasteiger partial charge is 0.248 e. The van der Waals surface area contributed by atoms with Crippen LogP contribution in [0, 0.1) is 0 Å². The fourth-order valence-corrected chi connectivity index (χ4v) is 6.23. The summed E-state index contributed by atoms with van der Waals surface area (Å²) in [4.78, 5) is 31.5. The van der Waals surface area contributed by atoms with Crippen molar-refractivity contribution < 1.29 is 28.5 Å². The van der Waals surface area contributed by atoms with Gasteiger partial charge in [0, 0.05) is 23.0 Å². The van der Waals surface area contributed by atoms with E-state index in [9.17, 15) is 9.59 Å². The lowest BCUT2D eigenvalue weighted by molar-refractivity contribution is -0.142. The molecule has 0 unspecified atom stereocenters. The van der Waals surface area contributed by atoms with Crippen molar-refractivity contribution in [2.75, 3.05) is 21.0 Å². The summed E-state index contributed by atoms with van der Waals surface area (Å²) in [6, 6.07) is 13.8. The van der Waals surface area contributed by atoms with E-state index < -0.39 is 6.04 Å². The van der Waals surface area contributed by atoms with E-state index in [0.29, 0.717) is 34.4 Å². The van der Waals surface area contributed by atoms with Gasteiger partial charge in [0.2, 0.25) is 24.4 Å². The molecule has 13 heteroatoms. The minimum atomic E-state index is -0.840. The van der Waals surface area contributed by atoms with Crippen molar-refractivity contribution in [1.82, 2.24) is 30.4 Å². The molecule has 0 saturated heterocycles. The molecule has 0 radical (unpaired) electrons. The zero-order valence-electron chi connectivity index (χ0n) is 23.9. The monoisotopic (exact) mass is 604 g/mol. The molecule has 4 aromatic rings. The van der Waals surface area contributed by atoms with E-state index in [4.69, 9.17) is 18.9 Å². The Kier molecular flexibility index (Phi) is 8.40. The molecular formula is C30H32N6O6S. The van der Waals surface area contributed by atoms with Gasteiger partial charge in [-0.15, -0.1) is 21.5 Å². The van der Waals surface area contributed by atoms with Crippen LogP contribution in [0.15, 0.2) is 53.9 Å². The predicted molar refractivity (Wildman–Crippen MR) is 157 cm³/mol. The molecule has 2 aromatic heterocycles. The number of methoxy groups -OCH3 is 2. The average molecular weight is 605 g/mol. The van der Waals surface area contributed by atoms with Crippen LogP contribution in [0.25, 0.3) is 11.4 Å². The first-order valence-electron chi connectivity index (χ1n) is 14.0. The van der Waals surface area contributed by atoms with Crippen molar-refractivity contribution in [3.63, 3.8) is 0 Å². The molecule has 1 atom stereocenters. The second-order valence-electron chi connectivity index (χ2n) is 10.3. The minimum absolute atomic E-state index is 0.0958. The molecule has 3 heterocycles. The number of hydrogen-bond acceptors (Lipinski definition) is 10. The van der Waals surface area contributed by atoms with Gasteiger partial charge in [-0.05, 0) is 65.4 Å². The Hall–Kier alpha value is -4.65. The second-order valence-corrected chi connectivity index (χ2v) is 11.3. The lowest BCUT2D eigenvalue weighted by atomic mass is 10.1. The fraction of sp³-hybridized carbons (Fsp3) is 0.367. The van der Waals surface area contributed by atoms with Gasteiger partial charge in [-0.1, -0.05) is 25.0 Å². The zero-order chi connectivity index (χ0) is 29.8. The molecule has 2 amide bonds. The summed E-state index contributed by atoms with van der Waals surface area (Å²) in [5, 5.41) is 17.9. The Morgan fingerprint density at radius 1 is 1.07 bits per heavy atom.